The number of rotatable bonds is 5. The number of hydrogen-bond donors (Lipinski definition) is 1. The van der Waals surface area contributed by atoms with Crippen LogP contribution in [-0.2, 0) is 9.84 Å². The normalized spacial score (nSPS) is 13.2. The van der Waals surface area contributed by atoms with E-state index in [0.29, 0.717) is 10.6 Å². The highest BCUT2D eigenvalue weighted by molar-refractivity contribution is 7.91. The molecule has 2 rings (SSSR count). The molecule has 0 aliphatic heterocycles. The van der Waals surface area contributed by atoms with Crippen molar-refractivity contribution in [2.75, 3.05) is 11.1 Å². The maximum atomic E-state index is 12.1. The quantitative estimate of drug-likeness (QED) is 0.919. The lowest BCUT2D eigenvalue weighted by molar-refractivity contribution is 0.597. The number of benzene rings is 1. The van der Waals surface area contributed by atoms with E-state index >= 15 is 0 Å². The van der Waals surface area contributed by atoms with Gasteiger partial charge in [-0.25, -0.2) is 13.4 Å². The highest BCUT2D eigenvalue weighted by atomic mass is 32.2. The number of nitrogens with one attached hydrogen (secondary N) is 1. The molecule has 1 aromatic heterocycles. The van der Waals surface area contributed by atoms with Gasteiger partial charge in [-0.2, -0.15) is 0 Å². The second-order valence-corrected chi connectivity index (χ2v) is 8.09. The van der Waals surface area contributed by atoms with Crippen molar-refractivity contribution in [3.8, 4) is 0 Å². The lowest BCUT2D eigenvalue weighted by Crippen LogP contribution is -2.11. The van der Waals surface area contributed by atoms with Crippen molar-refractivity contribution >= 4 is 26.9 Å². The number of para-hydroxylation sites is 1. The van der Waals surface area contributed by atoms with Gasteiger partial charge in [-0.05, 0) is 26.0 Å². The van der Waals surface area contributed by atoms with Crippen LogP contribution in [0.25, 0.3) is 0 Å². The molecule has 0 fully saturated rings. The van der Waals surface area contributed by atoms with Crippen LogP contribution in [0.4, 0.5) is 5.69 Å². The van der Waals surface area contributed by atoms with E-state index in [4.69, 9.17) is 0 Å². The van der Waals surface area contributed by atoms with E-state index in [1.165, 1.54) is 0 Å². The van der Waals surface area contributed by atoms with Gasteiger partial charge >= 0.3 is 0 Å². The number of nitrogens with zero attached hydrogens (tertiary/aromatic N) is 1. The molecule has 1 N–H and O–H groups in total. The predicted octanol–water partition coefficient (Wildman–Crippen LogP) is 3.42. The molecule has 0 saturated carbocycles. The largest absolute Gasteiger partial charge is 0.375 e. The molecule has 6 heteroatoms. The van der Waals surface area contributed by atoms with Crippen LogP contribution in [0.5, 0.6) is 0 Å². The zero-order chi connectivity index (χ0) is 14.8. The van der Waals surface area contributed by atoms with Gasteiger partial charge in [-0.3, -0.25) is 0 Å². The van der Waals surface area contributed by atoms with Crippen LogP contribution < -0.4 is 5.32 Å². The Morgan fingerprint density at radius 1 is 1.35 bits per heavy atom. The van der Waals surface area contributed by atoms with Gasteiger partial charge in [0.05, 0.1) is 22.4 Å². The molecule has 0 aliphatic carbocycles. The number of hydrogen-bond acceptors (Lipinski definition) is 5. The van der Waals surface area contributed by atoms with Crippen LogP contribution in [0.2, 0.25) is 0 Å². The molecular formula is C14H18N2O2S2. The fraction of sp³-hybridized carbons (Fsp3) is 0.357. The first-order valence-corrected chi connectivity index (χ1v) is 8.91. The molecule has 1 aromatic carbocycles. The molecule has 2 aromatic rings. The minimum Gasteiger partial charge on any atom is -0.375 e. The monoisotopic (exact) mass is 310 g/mol. The third-order valence-corrected chi connectivity index (χ3v) is 5.87. The fourth-order valence-electron chi connectivity index (χ4n) is 1.88. The van der Waals surface area contributed by atoms with Gasteiger partial charge in [-0.1, -0.05) is 19.1 Å². The summed E-state index contributed by atoms with van der Waals surface area (Å²) in [5.74, 6) is 0.0937. The van der Waals surface area contributed by atoms with Crippen molar-refractivity contribution in [1.82, 2.24) is 4.98 Å². The zero-order valence-corrected chi connectivity index (χ0v) is 13.4. The zero-order valence-electron chi connectivity index (χ0n) is 11.8. The maximum absolute atomic E-state index is 12.1. The molecule has 108 valence electrons. The fourth-order valence-corrected chi connectivity index (χ4v) is 3.72. The summed E-state index contributed by atoms with van der Waals surface area (Å²) in [5, 5.41) is 4.20. The molecule has 1 atom stereocenters. The lowest BCUT2D eigenvalue weighted by atomic mass is 10.2. The van der Waals surface area contributed by atoms with Crippen molar-refractivity contribution in [3.05, 3.63) is 40.3 Å². The van der Waals surface area contributed by atoms with E-state index in [0.717, 1.165) is 9.88 Å². The van der Waals surface area contributed by atoms with E-state index in [2.05, 4.69) is 10.3 Å². The van der Waals surface area contributed by atoms with Gasteiger partial charge < -0.3 is 5.32 Å². The number of sulfone groups is 1. The molecule has 1 heterocycles. The summed E-state index contributed by atoms with van der Waals surface area (Å²) in [6, 6.07) is 6.98. The Labute approximate surface area is 123 Å². The first-order chi connectivity index (χ1) is 9.44. The molecule has 20 heavy (non-hydrogen) atoms. The van der Waals surface area contributed by atoms with E-state index in [9.17, 15) is 8.42 Å². The van der Waals surface area contributed by atoms with Crippen LogP contribution in [-0.4, -0.2) is 19.2 Å². The van der Waals surface area contributed by atoms with Crippen molar-refractivity contribution in [3.63, 3.8) is 0 Å². The molecule has 0 aliphatic rings. The molecule has 0 amide bonds. The Hall–Kier alpha value is -1.40. The third kappa shape index (κ3) is 3.19. The molecule has 0 bridgehead atoms. The molecule has 0 radical (unpaired) electrons. The van der Waals surface area contributed by atoms with Crippen LogP contribution in [0.15, 0.2) is 35.4 Å². The lowest BCUT2D eigenvalue weighted by Gasteiger charge is -2.16. The Bertz CT molecular complexity index is 693. The van der Waals surface area contributed by atoms with Crippen LogP contribution >= 0.6 is 11.3 Å². The van der Waals surface area contributed by atoms with Gasteiger partial charge in [-0.15, -0.1) is 11.3 Å². The first-order valence-electron chi connectivity index (χ1n) is 6.44. The van der Waals surface area contributed by atoms with Crippen molar-refractivity contribution in [2.24, 2.45) is 0 Å². The van der Waals surface area contributed by atoms with Gasteiger partial charge in [0.15, 0.2) is 9.84 Å². The van der Waals surface area contributed by atoms with Gasteiger partial charge in [0, 0.05) is 11.1 Å². The first kappa shape index (κ1) is 15.0. The Balaban J connectivity index is 2.30. The Morgan fingerprint density at radius 3 is 2.65 bits per heavy atom. The third-order valence-electron chi connectivity index (χ3n) is 2.98. The summed E-state index contributed by atoms with van der Waals surface area (Å²) in [7, 11) is -3.23. The average Bonchev–Trinajstić information content (AvgIpc) is 2.86. The Kier molecular flexibility index (Phi) is 4.45. The van der Waals surface area contributed by atoms with Crippen molar-refractivity contribution in [1.29, 1.82) is 0 Å². The van der Waals surface area contributed by atoms with Crippen molar-refractivity contribution < 1.29 is 8.42 Å². The maximum Gasteiger partial charge on any atom is 0.180 e. The van der Waals surface area contributed by atoms with Gasteiger partial charge in [0.1, 0.15) is 5.01 Å². The molecule has 0 saturated heterocycles. The summed E-state index contributed by atoms with van der Waals surface area (Å²) >= 11 is 1.61. The number of aryl methyl sites for hydroxylation is 1. The summed E-state index contributed by atoms with van der Waals surface area (Å²) in [6.45, 7) is 5.64. The SMILES string of the molecule is CCS(=O)(=O)c1ccccc1NC(C)c1ncc(C)s1. The summed E-state index contributed by atoms with van der Waals surface area (Å²) < 4.78 is 24.2. The van der Waals surface area contributed by atoms with E-state index in [1.807, 2.05) is 26.1 Å². The molecule has 1 unspecified atom stereocenters. The number of thiazole rings is 1. The number of aromatic nitrogens is 1. The standard InChI is InChI=1S/C14H18N2O2S2/c1-4-20(17,18)13-8-6-5-7-12(13)16-11(3)14-15-9-10(2)19-14/h5-9,11,16H,4H2,1-3H3. The van der Waals surface area contributed by atoms with Gasteiger partial charge in [0.2, 0.25) is 0 Å². The predicted molar refractivity (Wildman–Crippen MR) is 83.1 cm³/mol. The minimum absolute atomic E-state index is 0.0260. The topological polar surface area (TPSA) is 59.1 Å². The van der Waals surface area contributed by atoms with E-state index in [1.54, 1.807) is 36.5 Å². The smallest absolute Gasteiger partial charge is 0.180 e. The number of anilines is 1. The van der Waals surface area contributed by atoms with Crippen LogP contribution in [0.3, 0.4) is 0 Å². The molecule has 0 spiro atoms. The molecular weight excluding hydrogens is 292 g/mol. The average molecular weight is 310 g/mol. The molecule has 4 nitrogen and oxygen atoms in total. The second kappa shape index (κ2) is 5.93. The minimum atomic E-state index is -3.23. The van der Waals surface area contributed by atoms with Crippen LogP contribution in [0, 0.1) is 6.92 Å². The highest BCUT2D eigenvalue weighted by Crippen LogP contribution is 2.28. The summed E-state index contributed by atoms with van der Waals surface area (Å²) in [5.41, 5.74) is 0.634. The van der Waals surface area contributed by atoms with Crippen molar-refractivity contribution in [2.45, 2.75) is 31.7 Å². The summed E-state index contributed by atoms with van der Waals surface area (Å²) in [6.07, 6.45) is 1.83. The Morgan fingerprint density at radius 2 is 2.05 bits per heavy atom. The highest BCUT2D eigenvalue weighted by Gasteiger charge is 2.18. The van der Waals surface area contributed by atoms with E-state index < -0.39 is 9.84 Å². The van der Waals surface area contributed by atoms with Gasteiger partial charge in [0.25, 0.3) is 0 Å². The second-order valence-electron chi connectivity index (χ2n) is 4.57. The van der Waals surface area contributed by atoms with E-state index in [-0.39, 0.29) is 11.8 Å². The van der Waals surface area contributed by atoms with Crippen LogP contribution in [0.1, 0.15) is 29.8 Å². The summed E-state index contributed by atoms with van der Waals surface area (Å²) in [4.78, 5) is 5.82.